The predicted molar refractivity (Wildman–Crippen MR) is 83.8 cm³/mol. The minimum absolute atomic E-state index is 0.0576. The number of rotatable bonds is 6. The van der Waals surface area contributed by atoms with E-state index in [2.05, 4.69) is 10.3 Å². The van der Waals surface area contributed by atoms with Crippen molar-refractivity contribution in [3.05, 3.63) is 53.6 Å². The van der Waals surface area contributed by atoms with Crippen LogP contribution in [0.2, 0.25) is 0 Å². The Balaban J connectivity index is 2.00. The molecule has 24 heavy (non-hydrogen) atoms. The van der Waals surface area contributed by atoms with Gasteiger partial charge in [0.15, 0.2) is 0 Å². The van der Waals surface area contributed by atoms with Crippen molar-refractivity contribution in [2.45, 2.75) is 38.8 Å². The number of nitrogens with zero attached hydrogens (tertiary/aromatic N) is 3. The second-order valence-corrected chi connectivity index (χ2v) is 5.68. The van der Waals surface area contributed by atoms with Gasteiger partial charge in [-0.05, 0) is 6.07 Å². The summed E-state index contributed by atoms with van der Waals surface area (Å²) in [7, 11) is 0. The maximum absolute atomic E-state index is 13.7. The van der Waals surface area contributed by atoms with Crippen LogP contribution in [0.25, 0.3) is 0 Å². The molecule has 0 aliphatic heterocycles. The van der Waals surface area contributed by atoms with E-state index in [4.69, 9.17) is 5.26 Å². The molecular formula is C17H18F2N4O. The maximum Gasteiger partial charge on any atom is 0.223 e. The number of imidazole rings is 1. The summed E-state index contributed by atoms with van der Waals surface area (Å²) in [5.74, 6) is -0.903. The van der Waals surface area contributed by atoms with E-state index in [9.17, 15) is 13.6 Å². The largest absolute Gasteiger partial charge is 0.336 e. The number of benzene rings is 1. The van der Waals surface area contributed by atoms with E-state index in [1.54, 1.807) is 12.4 Å². The Morgan fingerprint density at radius 3 is 2.79 bits per heavy atom. The fourth-order valence-corrected chi connectivity index (χ4v) is 2.38. The molecule has 1 amide bonds. The number of aromatic nitrogens is 2. The van der Waals surface area contributed by atoms with Gasteiger partial charge in [-0.1, -0.05) is 19.9 Å². The summed E-state index contributed by atoms with van der Waals surface area (Å²) < 4.78 is 28.5. The molecular weight excluding hydrogens is 314 g/mol. The first-order chi connectivity index (χ1) is 11.4. The van der Waals surface area contributed by atoms with Crippen molar-refractivity contribution in [3.63, 3.8) is 0 Å². The number of nitrogens with one attached hydrogen (secondary N) is 1. The molecule has 1 heterocycles. The standard InChI is InChI=1S/C17H18F2N4O/c1-11(2)17-21-6-8-23(17)7-5-16(24)22-15(10-20)13-4-3-12(18)9-14(13)19/h3-4,6,8-9,11,15H,5,7H2,1-2H3,(H,22,24)/t15-/m0/s1. The van der Waals surface area contributed by atoms with Crippen molar-refractivity contribution in [1.29, 1.82) is 5.26 Å². The highest BCUT2D eigenvalue weighted by Crippen LogP contribution is 2.18. The van der Waals surface area contributed by atoms with Crippen LogP contribution in [-0.4, -0.2) is 15.5 Å². The van der Waals surface area contributed by atoms with E-state index in [0.717, 1.165) is 18.0 Å². The lowest BCUT2D eigenvalue weighted by atomic mass is 10.1. The first-order valence-electron chi connectivity index (χ1n) is 7.57. The van der Waals surface area contributed by atoms with Gasteiger partial charge < -0.3 is 9.88 Å². The van der Waals surface area contributed by atoms with Crippen LogP contribution in [0, 0.1) is 23.0 Å². The van der Waals surface area contributed by atoms with Crippen molar-refractivity contribution in [1.82, 2.24) is 14.9 Å². The zero-order chi connectivity index (χ0) is 17.7. The zero-order valence-corrected chi connectivity index (χ0v) is 13.5. The summed E-state index contributed by atoms with van der Waals surface area (Å²) in [4.78, 5) is 16.3. The van der Waals surface area contributed by atoms with Gasteiger partial charge in [0.1, 0.15) is 23.5 Å². The zero-order valence-electron chi connectivity index (χ0n) is 13.5. The van der Waals surface area contributed by atoms with Crippen molar-refractivity contribution in [2.75, 3.05) is 0 Å². The van der Waals surface area contributed by atoms with Gasteiger partial charge >= 0.3 is 0 Å². The second kappa shape index (κ2) is 7.68. The monoisotopic (exact) mass is 332 g/mol. The molecule has 0 radical (unpaired) electrons. The van der Waals surface area contributed by atoms with E-state index < -0.39 is 23.6 Å². The van der Waals surface area contributed by atoms with E-state index >= 15 is 0 Å². The van der Waals surface area contributed by atoms with Gasteiger partial charge in [-0.3, -0.25) is 4.79 Å². The van der Waals surface area contributed by atoms with Gasteiger partial charge in [-0.2, -0.15) is 5.26 Å². The van der Waals surface area contributed by atoms with Gasteiger partial charge in [0, 0.05) is 42.9 Å². The number of carbonyl (C=O) groups is 1. The third-order valence-electron chi connectivity index (χ3n) is 3.55. The van der Waals surface area contributed by atoms with Crippen LogP contribution >= 0.6 is 0 Å². The molecule has 1 aromatic carbocycles. The minimum Gasteiger partial charge on any atom is -0.336 e. The molecule has 126 valence electrons. The van der Waals surface area contributed by atoms with E-state index in [0.29, 0.717) is 12.6 Å². The van der Waals surface area contributed by atoms with Crippen LogP contribution in [0.1, 0.15) is 43.6 Å². The highest BCUT2D eigenvalue weighted by atomic mass is 19.1. The van der Waals surface area contributed by atoms with Crippen molar-refractivity contribution < 1.29 is 13.6 Å². The number of hydrogen-bond donors (Lipinski definition) is 1. The first-order valence-corrected chi connectivity index (χ1v) is 7.57. The molecule has 0 unspecified atom stereocenters. The van der Waals surface area contributed by atoms with E-state index in [1.165, 1.54) is 0 Å². The number of hydrogen-bond acceptors (Lipinski definition) is 3. The molecule has 0 spiro atoms. The Bertz CT molecular complexity index is 764. The van der Waals surface area contributed by atoms with Crippen LogP contribution < -0.4 is 5.32 Å². The van der Waals surface area contributed by atoms with Crippen LogP contribution in [0.15, 0.2) is 30.6 Å². The normalized spacial score (nSPS) is 12.0. The third-order valence-corrected chi connectivity index (χ3v) is 3.55. The van der Waals surface area contributed by atoms with Crippen LogP contribution in [0.3, 0.4) is 0 Å². The molecule has 0 aliphatic rings. The van der Waals surface area contributed by atoms with Crippen molar-refractivity contribution >= 4 is 5.91 Å². The Morgan fingerprint density at radius 2 is 2.17 bits per heavy atom. The molecule has 5 nitrogen and oxygen atoms in total. The number of carbonyl (C=O) groups excluding carboxylic acids is 1. The van der Waals surface area contributed by atoms with Crippen LogP contribution in [-0.2, 0) is 11.3 Å². The molecule has 0 aliphatic carbocycles. The maximum atomic E-state index is 13.7. The summed E-state index contributed by atoms with van der Waals surface area (Å²) in [5.41, 5.74) is -0.0576. The average Bonchev–Trinajstić information content (AvgIpc) is 3.00. The minimum atomic E-state index is -1.16. The summed E-state index contributed by atoms with van der Waals surface area (Å²) >= 11 is 0. The average molecular weight is 332 g/mol. The molecule has 0 saturated carbocycles. The molecule has 2 rings (SSSR count). The number of halogens is 2. The second-order valence-electron chi connectivity index (χ2n) is 5.68. The topological polar surface area (TPSA) is 70.7 Å². The molecule has 2 aromatic rings. The van der Waals surface area contributed by atoms with Gasteiger partial charge in [-0.25, -0.2) is 13.8 Å². The lowest BCUT2D eigenvalue weighted by molar-refractivity contribution is -0.121. The fraction of sp³-hybridized carbons (Fsp3) is 0.353. The summed E-state index contributed by atoms with van der Waals surface area (Å²) in [6.45, 7) is 4.41. The Morgan fingerprint density at radius 1 is 1.42 bits per heavy atom. The number of amides is 1. The summed E-state index contributed by atoms with van der Waals surface area (Å²) in [6.07, 6.45) is 3.57. The third kappa shape index (κ3) is 4.16. The SMILES string of the molecule is CC(C)c1nccn1CCC(=O)N[C@@H](C#N)c1ccc(F)cc1F. The van der Waals surface area contributed by atoms with Crippen LogP contribution in [0.4, 0.5) is 8.78 Å². The molecule has 1 atom stereocenters. The molecule has 0 bridgehead atoms. The summed E-state index contributed by atoms with van der Waals surface area (Å²) in [6, 6.07) is 3.55. The quantitative estimate of drug-likeness (QED) is 0.884. The lowest BCUT2D eigenvalue weighted by Gasteiger charge is -2.14. The fourth-order valence-electron chi connectivity index (χ4n) is 2.38. The highest BCUT2D eigenvalue weighted by Gasteiger charge is 2.18. The molecule has 1 aromatic heterocycles. The van der Waals surface area contributed by atoms with Gasteiger partial charge in [0.25, 0.3) is 0 Å². The smallest absolute Gasteiger partial charge is 0.223 e. The molecule has 7 heteroatoms. The molecule has 0 fully saturated rings. The number of aryl methyl sites for hydroxylation is 1. The highest BCUT2D eigenvalue weighted by molar-refractivity contribution is 5.76. The number of nitriles is 1. The molecule has 1 N–H and O–H groups in total. The van der Waals surface area contributed by atoms with Crippen molar-refractivity contribution in [3.8, 4) is 6.07 Å². The van der Waals surface area contributed by atoms with E-state index in [-0.39, 0.29) is 17.9 Å². The first kappa shape index (κ1) is 17.6. The van der Waals surface area contributed by atoms with Gasteiger partial charge in [0.2, 0.25) is 5.91 Å². The van der Waals surface area contributed by atoms with Gasteiger partial charge in [-0.15, -0.1) is 0 Å². The van der Waals surface area contributed by atoms with Crippen molar-refractivity contribution in [2.24, 2.45) is 0 Å². The molecule has 0 saturated heterocycles. The van der Waals surface area contributed by atoms with Crippen LogP contribution in [0.5, 0.6) is 0 Å². The lowest BCUT2D eigenvalue weighted by Crippen LogP contribution is -2.29. The Hall–Kier alpha value is -2.75. The Kier molecular flexibility index (Phi) is 5.64. The van der Waals surface area contributed by atoms with Gasteiger partial charge in [0.05, 0.1) is 6.07 Å². The predicted octanol–water partition coefficient (Wildman–Crippen LogP) is 3.06. The summed E-state index contributed by atoms with van der Waals surface area (Å²) in [5, 5.41) is 11.6. The van der Waals surface area contributed by atoms with E-state index in [1.807, 2.05) is 24.5 Å². The Labute approximate surface area is 138 Å².